The van der Waals surface area contributed by atoms with Gasteiger partial charge in [0.15, 0.2) is 0 Å². The molecule has 1 unspecified atom stereocenters. The lowest BCUT2D eigenvalue weighted by atomic mass is 9.65. The monoisotopic (exact) mass is 338 g/mol. The Balaban J connectivity index is 1.40. The van der Waals surface area contributed by atoms with E-state index in [1.165, 1.54) is 0 Å². The maximum Gasteiger partial charge on any atom is 0.410 e. The summed E-state index contributed by atoms with van der Waals surface area (Å²) in [5.41, 5.74) is -0.958. The van der Waals surface area contributed by atoms with Crippen LogP contribution in [0.5, 0.6) is 0 Å². The fourth-order valence-electron chi connectivity index (χ4n) is 4.22. The third kappa shape index (κ3) is 3.39. The van der Waals surface area contributed by atoms with Crippen molar-refractivity contribution in [1.29, 1.82) is 0 Å². The number of carbonyl (C=O) groups excluding carboxylic acids is 1. The number of rotatable bonds is 3. The van der Waals surface area contributed by atoms with E-state index < -0.39 is 17.0 Å². The highest BCUT2D eigenvalue weighted by Gasteiger charge is 2.51. The van der Waals surface area contributed by atoms with Crippen LogP contribution in [0.1, 0.15) is 47.0 Å². The fraction of sp³-hybridized carbons (Fsp3) is 0.889. The van der Waals surface area contributed by atoms with Crippen molar-refractivity contribution in [2.24, 2.45) is 17.3 Å². The zero-order chi connectivity index (χ0) is 17.7. The minimum atomic E-state index is -0.667. The van der Waals surface area contributed by atoms with Crippen LogP contribution in [-0.4, -0.2) is 64.8 Å². The van der Waals surface area contributed by atoms with E-state index >= 15 is 0 Å². The number of hydrogen-bond donors (Lipinski definition) is 1. The summed E-state index contributed by atoms with van der Waals surface area (Å²) in [7, 11) is 0. The SMILES string of the molecule is CC(C)(C)OC(=O)N1CCC(C2CN(C3CC(C)(C(=O)O)C3)C2)C1. The molecular formula is C18H30N2O4. The maximum absolute atomic E-state index is 12.1. The van der Waals surface area contributed by atoms with E-state index in [4.69, 9.17) is 4.74 Å². The van der Waals surface area contributed by atoms with Crippen LogP contribution in [0.3, 0.4) is 0 Å². The van der Waals surface area contributed by atoms with E-state index in [0.29, 0.717) is 17.9 Å². The molecule has 1 saturated carbocycles. The van der Waals surface area contributed by atoms with Gasteiger partial charge in [-0.05, 0) is 58.8 Å². The van der Waals surface area contributed by atoms with E-state index in [2.05, 4.69) is 4.90 Å². The van der Waals surface area contributed by atoms with Crippen molar-refractivity contribution in [3.05, 3.63) is 0 Å². The number of nitrogens with zero attached hydrogens (tertiary/aromatic N) is 2. The van der Waals surface area contributed by atoms with E-state index in [1.807, 2.05) is 32.6 Å². The molecule has 2 aliphatic heterocycles. The topological polar surface area (TPSA) is 70.1 Å². The zero-order valence-corrected chi connectivity index (χ0v) is 15.2. The van der Waals surface area contributed by atoms with Crippen molar-refractivity contribution in [3.63, 3.8) is 0 Å². The van der Waals surface area contributed by atoms with Gasteiger partial charge in [0.1, 0.15) is 5.60 Å². The summed E-state index contributed by atoms with van der Waals surface area (Å²) in [5.74, 6) is 0.522. The highest BCUT2D eigenvalue weighted by atomic mass is 16.6. The standard InChI is InChI=1S/C18H30N2O4/c1-17(2,3)24-16(23)19-6-5-12(9-19)13-10-20(11-13)14-7-18(4,8-14)15(21)22/h12-14H,5-11H2,1-4H3,(H,21,22). The molecule has 1 N–H and O–H groups in total. The molecule has 3 aliphatic rings. The Kier molecular flexibility index (Phi) is 4.31. The number of hydrogen-bond acceptors (Lipinski definition) is 4. The quantitative estimate of drug-likeness (QED) is 0.856. The highest BCUT2D eigenvalue weighted by Crippen LogP contribution is 2.46. The van der Waals surface area contributed by atoms with Crippen LogP contribution in [0, 0.1) is 17.3 Å². The lowest BCUT2D eigenvalue weighted by molar-refractivity contribution is -0.160. The molecule has 1 amide bonds. The molecule has 1 atom stereocenters. The Morgan fingerprint density at radius 1 is 1.12 bits per heavy atom. The summed E-state index contributed by atoms with van der Waals surface area (Å²) in [6.45, 7) is 11.2. The molecule has 1 aliphatic carbocycles. The van der Waals surface area contributed by atoms with Gasteiger partial charge in [0.25, 0.3) is 0 Å². The Bertz CT molecular complexity index is 516. The second-order valence-electron chi connectivity index (χ2n) is 9.12. The first-order valence-electron chi connectivity index (χ1n) is 9.03. The smallest absolute Gasteiger partial charge is 0.410 e. The molecule has 0 aromatic heterocycles. The third-order valence-electron chi connectivity index (χ3n) is 5.89. The largest absolute Gasteiger partial charge is 0.481 e. The van der Waals surface area contributed by atoms with E-state index in [-0.39, 0.29) is 6.09 Å². The Labute approximate surface area is 144 Å². The predicted molar refractivity (Wildman–Crippen MR) is 89.7 cm³/mol. The minimum Gasteiger partial charge on any atom is -0.481 e. The Morgan fingerprint density at radius 2 is 1.75 bits per heavy atom. The van der Waals surface area contributed by atoms with Crippen LogP contribution in [0.2, 0.25) is 0 Å². The molecule has 0 aromatic rings. The fourth-order valence-corrected chi connectivity index (χ4v) is 4.22. The van der Waals surface area contributed by atoms with Crippen LogP contribution in [-0.2, 0) is 9.53 Å². The first-order valence-corrected chi connectivity index (χ1v) is 9.03. The number of carbonyl (C=O) groups is 2. The lowest BCUT2D eigenvalue weighted by Crippen LogP contribution is -2.61. The number of likely N-dealkylation sites (tertiary alicyclic amines) is 2. The number of ether oxygens (including phenoxy) is 1. The van der Waals surface area contributed by atoms with Crippen LogP contribution >= 0.6 is 0 Å². The van der Waals surface area contributed by atoms with Gasteiger partial charge in [-0.15, -0.1) is 0 Å². The summed E-state index contributed by atoms with van der Waals surface area (Å²) >= 11 is 0. The van der Waals surface area contributed by atoms with Crippen LogP contribution in [0.15, 0.2) is 0 Å². The predicted octanol–water partition coefficient (Wildman–Crippen LogP) is 2.43. The first kappa shape index (κ1) is 17.5. The normalized spacial score (nSPS) is 34.6. The highest BCUT2D eigenvalue weighted by molar-refractivity contribution is 5.75. The summed E-state index contributed by atoms with van der Waals surface area (Å²) in [6, 6.07) is 0.436. The van der Waals surface area contributed by atoms with Gasteiger partial charge in [0.05, 0.1) is 5.41 Å². The van der Waals surface area contributed by atoms with Gasteiger partial charge in [0.2, 0.25) is 0 Å². The van der Waals surface area contributed by atoms with Crippen LogP contribution in [0.25, 0.3) is 0 Å². The average Bonchev–Trinajstić information content (AvgIpc) is 2.81. The Morgan fingerprint density at radius 3 is 2.29 bits per heavy atom. The molecule has 0 radical (unpaired) electrons. The second-order valence-corrected chi connectivity index (χ2v) is 9.12. The number of aliphatic carboxylic acids is 1. The zero-order valence-electron chi connectivity index (χ0n) is 15.2. The molecule has 136 valence electrons. The second kappa shape index (κ2) is 5.90. The molecular weight excluding hydrogens is 308 g/mol. The third-order valence-corrected chi connectivity index (χ3v) is 5.89. The van der Waals surface area contributed by atoms with Crippen molar-refractivity contribution < 1.29 is 19.4 Å². The van der Waals surface area contributed by atoms with E-state index in [0.717, 1.165) is 45.4 Å². The van der Waals surface area contributed by atoms with Gasteiger partial charge in [-0.3, -0.25) is 9.69 Å². The van der Waals surface area contributed by atoms with Crippen molar-refractivity contribution in [2.45, 2.75) is 58.6 Å². The summed E-state index contributed by atoms with van der Waals surface area (Å²) in [4.78, 5) is 27.6. The van der Waals surface area contributed by atoms with Gasteiger partial charge in [-0.2, -0.15) is 0 Å². The summed E-state index contributed by atoms with van der Waals surface area (Å²) in [5, 5.41) is 9.20. The molecule has 6 nitrogen and oxygen atoms in total. The molecule has 3 fully saturated rings. The molecule has 3 rings (SSSR count). The minimum absolute atomic E-state index is 0.197. The van der Waals surface area contributed by atoms with Gasteiger partial charge < -0.3 is 14.7 Å². The van der Waals surface area contributed by atoms with Crippen molar-refractivity contribution in [2.75, 3.05) is 26.2 Å². The van der Waals surface area contributed by atoms with E-state index in [1.54, 1.807) is 0 Å². The number of carboxylic acid groups (broad SMARTS) is 1. The first-order chi connectivity index (χ1) is 11.1. The Hall–Kier alpha value is -1.30. The van der Waals surface area contributed by atoms with Gasteiger partial charge >= 0.3 is 12.1 Å². The van der Waals surface area contributed by atoms with E-state index in [9.17, 15) is 14.7 Å². The molecule has 2 saturated heterocycles. The van der Waals surface area contributed by atoms with Crippen molar-refractivity contribution in [1.82, 2.24) is 9.80 Å². The molecule has 0 bridgehead atoms. The van der Waals surface area contributed by atoms with Crippen LogP contribution in [0.4, 0.5) is 4.79 Å². The summed E-state index contributed by atoms with van der Waals surface area (Å²) in [6.07, 6.45) is 2.39. The summed E-state index contributed by atoms with van der Waals surface area (Å²) < 4.78 is 5.45. The molecule has 2 heterocycles. The number of amides is 1. The van der Waals surface area contributed by atoms with Gasteiger partial charge in [-0.1, -0.05) is 0 Å². The van der Waals surface area contributed by atoms with Crippen molar-refractivity contribution in [3.8, 4) is 0 Å². The molecule has 0 aromatic carbocycles. The van der Waals surface area contributed by atoms with Crippen LogP contribution < -0.4 is 0 Å². The average molecular weight is 338 g/mol. The maximum atomic E-state index is 12.1. The lowest BCUT2D eigenvalue weighted by Gasteiger charge is -2.54. The van der Waals surface area contributed by atoms with Gasteiger partial charge in [-0.25, -0.2) is 4.79 Å². The molecule has 6 heteroatoms. The molecule has 24 heavy (non-hydrogen) atoms. The molecule has 0 spiro atoms. The van der Waals surface area contributed by atoms with Crippen molar-refractivity contribution >= 4 is 12.1 Å². The van der Waals surface area contributed by atoms with Gasteiger partial charge in [0, 0.05) is 32.2 Å². The number of carboxylic acids is 1.